The molecule has 0 aliphatic carbocycles. The summed E-state index contributed by atoms with van der Waals surface area (Å²) >= 11 is 0. The molecular formula is C15H23NO4S. The second-order valence-electron chi connectivity index (χ2n) is 5.67. The maximum atomic E-state index is 12.9. The van der Waals surface area contributed by atoms with Crippen LogP contribution in [0.5, 0.6) is 5.75 Å². The van der Waals surface area contributed by atoms with Crippen LogP contribution in [0.4, 0.5) is 0 Å². The number of hydrogen-bond acceptors (Lipinski definition) is 4. The van der Waals surface area contributed by atoms with Crippen LogP contribution in [0.15, 0.2) is 17.0 Å². The lowest BCUT2D eigenvalue weighted by molar-refractivity contribution is -0.0441. The Kier molecular flexibility index (Phi) is 4.60. The Hall–Kier alpha value is -1.11. The molecule has 1 aliphatic heterocycles. The van der Waals surface area contributed by atoms with Gasteiger partial charge in [-0.15, -0.1) is 0 Å². The Bertz CT molecular complexity index is 617. The normalized spacial score (nSPS) is 24.0. The fourth-order valence-corrected chi connectivity index (χ4v) is 4.40. The third-order valence-electron chi connectivity index (χ3n) is 3.78. The molecule has 0 bridgehead atoms. The van der Waals surface area contributed by atoms with Gasteiger partial charge in [0.05, 0.1) is 19.3 Å². The summed E-state index contributed by atoms with van der Waals surface area (Å²) in [7, 11) is -2.09. The van der Waals surface area contributed by atoms with Crippen LogP contribution in [0.3, 0.4) is 0 Å². The Morgan fingerprint density at radius 2 is 1.67 bits per heavy atom. The largest absolute Gasteiger partial charge is 0.495 e. The molecular weight excluding hydrogens is 290 g/mol. The Morgan fingerprint density at radius 3 is 2.19 bits per heavy atom. The highest BCUT2D eigenvalue weighted by Crippen LogP contribution is 2.31. The van der Waals surface area contributed by atoms with Crippen LogP contribution in [-0.2, 0) is 14.8 Å². The summed E-state index contributed by atoms with van der Waals surface area (Å²) in [5, 5.41) is 0. The van der Waals surface area contributed by atoms with Crippen molar-refractivity contribution in [1.82, 2.24) is 4.31 Å². The first-order chi connectivity index (χ1) is 9.75. The molecule has 2 rings (SSSR count). The number of ether oxygens (including phenoxy) is 2. The zero-order chi connectivity index (χ0) is 15.8. The van der Waals surface area contributed by atoms with Crippen molar-refractivity contribution >= 4 is 10.0 Å². The van der Waals surface area contributed by atoms with Gasteiger partial charge in [0.25, 0.3) is 0 Å². The summed E-state index contributed by atoms with van der Waals surface area (Å²) in [6.45, 7) is 8.34. The highest BCUT2D eigenvalue weighted by Gasteiger charge is 2.34. The van der Waals surface area contributed by atoms with Gasteiger partial charge in [0.2, 0.25) is 10.0 Å². The Labute approximate surface area is 126 Å². The first-order valence-corrected chi connectivity index (χ1v) is 8.50. The number of hydrogen-bond donors (Lipinski definition) is 0. The summed E-state index contributed by atoms with van der Waals surface area (Å²) in [6, 6.07) is 3.46. The van der Waals surface area contributed by atoms with Gasteiger partial charge in [-0.2, -0.15) is 4.31 Å². The molecule has 0 amide bonds. The van der Waals surface area contributed by atoms with Crippen molar-refractivity contribution in [2.24, 2.45) is 0 Å². The fourth-order valence-electron chi connectivity index (χ4n) is 2.59. The molecule has 0 saturated carbocycles. The van der Waals surface area contributed by atoms with Gasteiger partial charge in [-0.3, -0.25) is 0 Å². The lowest BCUT2D eigenvalue weighted by Crippen LogP contribution is -2.48. The van der Waals surface area contributed by atoms with Gasteiger partial charge in [0, 0.05) is 13.1 Å². The van der Waals surface area contributed by atoms with E-state index in [4.69, 9.17) is 9.47 Å². The molecule has 0 radical (unpaired) electrons. The topological polar surface area (TPSA) is 55.8 Å². The van der Waals surface area contributed by atoms with E-state index in [1.807, 2.05) is 27.7 Å². The first-order valence-electron chi connectivity index (χ1n) is 7.06. The molecule has 21 heavy (non-hydrogen) atoms. The summed E-state index contributed by atoms with van der Waals surface area (Å²) in [5.41, 5.74) is 1.94. The highest BCUT2D eigenvalue weighted by atomic mass is 32.2. The van der Waals surface area contributed by atoms with Gasteiger partial charge in [-0.05, 0) is 51.0 Å². The smallest absolute Gasteiger partial charge is 0.246 e. The molecule has 1 aliphatic rings. The minimum absolute atomic E-state index is 0.110. The molecule has 2 unspecified atom stereocenters. The van der Waals surface area contributed by atoms with E-state index in [1.165, 1.54) is 11.4 Å². The standard InChI is InChI=1S/C15H23NO4S/c1-10-6-14(19-5)15(7-11(10)2)21(17,18)16-8-12(3)20-13(4)9-16/h6-7,12-13H,8-9H2,1-5H3. The van der Waals surface area contributed by atoms with Crippen molar-refractivity contribution < 1.29 is 17.9 Å². The van der Waals surface area contributed by atoms with Gasteiger partial charge in [0.15, 0.2) is 0 Å². The van der Waals surface area contributed by atoms with Gasteiger partial charge in [-0.1, -0.05) is 0 Å². The number of nitrogens with zero attached hydrogens (tertiary/aromatic N) is 1. The fraction of sp³-hybridized carbons (Fsp3) is 0.600. The summed E-state index contributed by atoms with van der Waals surface area (Å²) in [5.74, 6) is 0.393. The minimum Gasteiger partial charge on any atom is -0.495 e. The van der Waals surface area contributed by atoms with E-state index in [0.29, 0.717) is 18.8 Å². The van der Waals surface area contributed by atoms with Crippen LogP contribution >= 0.6 is 0 Å². The van der Waals surface area contributed by atoms with Crippen molar-refractivity contribution in [3.63, 3.8) is 0 Å². The molecule has 2 atom stereocenters. The Morgan fingerprint density at radius 1 is 1.14 bits per heavy atom. The molecule has 5 nitrogen and oxygen atoms in total. The van der Waals surface area contributed by atoms with Crippen molar-refractivity contribution in [2.75, 3.05) is 20.2 Å². The molecule has 1 heterocycles. The SMILES string of the molecule is COc1cc(C)c(C)cc1S(=O)(=O)N1CC(C)OC(C)C1. The van der Waals surface area contributed by atoms with Crippen LogP contribution in [0.2, 0.25) is 0 Å². The molecule has 118 valence electrons. The highest BCUT2D eigenvalue weighted by molar-refractivity contribution is 7.89. The predicted molar refractivity (Wildman–Crippen MR) is 81.2 cm³/mol. The zero-order valence-corrected chi connectivity index (χ0v) is 14.0. The maximum absolute atomic E-state index is 12.9. The molecule has 1 aromatic rings. The van der Waals surface area contributed by atoms with Gasteiger partial charge < -0.3 is 9.47 Å². The van der Waals surface area contributed by atoms with E-state index in [0.717, 1.165) is 11.1 Å². The minimum atomic E-state index is -3.58. The summed E-state index contributed by atoms with van der Waals surface area (Å²) in [4.78, 5) is 0.231. The van der Waals surface area contributed by atoms with Gasteiger partial charge in [0.1, 0.15) is 10.6 Å². The lowest BCUT2D eigenvalue weighted by atomic mass is 10.1. The van der Waals surface area contributed by atoms with E-state index in [1.54, 1.807) is 12.1 Å². The number of aryl methyl sites for hydroxylation is 2. The van der Waals surface area contributed by atoms with Gasteiger partial charge in [-0.25, -0.2) is 8.42 Å². The third kappa shape index (κ3) is 3.22. The van der Waals surface area contributed by atoms with Crippen molar-refractivity contribution in [2.45, 2.75) is 44.8 Å². The Balaban J connectivity index is 2.46. The zero-order valence-electron chi connectivity index (χ0n) is 13.2. The second kappa shape index (κ2) is 5.94. The van der Waals surface area contributed by atoms with Crippen LogP contribution in [0, 0.1) is 13.8 Å². The lowest BCUT2D eigenvalue weighted by Gasteiger charge is -2.34. The first kappa shape index (κ1) is 16.3. The van der Waals surface area contributed by atoms with Crippen molar-refractivity contribution in [3.05, 3.63) is 23.3 Å². The molecule has 6 heteroatoms. The van der Waals surface area contributed by atoms with Crippen molar-refractivity contribution in [1.29, 1.82) is 0 Å². The average molecular weight is 313 g/mol. The molecule has 1 aromatic carbocycles. The van der Waals surface area contributed by atoms with E-state index < -0.39 is 10.0 Å². The van der Waals surface area contributed by atoms with E-state index in [9.17, 15) is 8.42 Å². The number of rotatable bonds is 3. The number of sulfonamides is 1. The van der Waals surface area contributed by atoms with E-state index >= 15 is 0 Å². The quantitative estimate of drug-likeness (QED) is 0.857. The van der Waals surface area contributed by atoms with Crippen molar-refractivity contribution in [3.8, 4) is 5.75 Å². The second-order valence-corrected chi connectivity index (χ2v) is 7.57. The molecule has 1 fully saturated rings. The number of methoxy groups -OCH3 is 1. The third-order valence-corrected chi connectivity index (χ3v) is 5.64. The summed E-state index contributed by atoms with van der Waals surface area (Å²) in [6.07, 6.45) is -0.220. The van der Waals surface area contributed by atoms with Crippen LogP contribution in [0.1, 0.15) is 25.0 Å². The van der Waals surface area contributed by atoms with Gasteiger partial charge >= 0.3 is 0 Å². The van der Waals surface area contributed by atoms with Crippen LogP contribution in [0.25, 0.3) is 0 Å². The van der Waals surface area contributed by atoms with Crippen LogP contribution in [-0.4, -0.2) is 45.1 Å². The predicted octanol–water partition coefficient (Wildman–Crippen LogP) is 2.11. The average Bonchev–Trinajstić information content (AvgIpc) is 2.40. The number of benzene rings is 1. The monoisotopic (exact) mass is 313 g/mol. The molecule has 0 aromatic heterocycles. The maximum Gasteiger partial charge on any atom is 0.246 e. The van der Waals surface area contributed by atoms with E-state index in [-0.39, 0.29) is 17.1 Å². The molecule has 1 saturated heterocycles. The number of morpholine rings is 1. The summed E-state index contributed by atoms with van der Waals surface area (Å²) < 4.78 is 38.2. The molecule has 0 spiro atoms. The molecule has 0 N–H and O–H groups in total. The van der Waals surface area contributed by atoms with Crippen LogP contribution < -0.4 is 4.74 Å². The van der Waals surface area contributed by atoms with E-state index in [2.05, 4.69) is 0 Å².